The Morgan fingerprint density at radius 2 is 1.83 bits per heavy atom. The van der Waals surface area contributed by atoms with Gasteiger partial charge in [-0.1, -0.05) is 0 Å². The molecule has 2 aliphatic heterocycles. The highest BCUT2D eigenvalue weighted by atomic mass is 19.2. The number of nitrogens with zero attached hydrogens (tertiary/aromatic N) is 1. The number of carbonyl (C=O) groups excluding carboxylic acids is 1. The number of hydrogen-bond acceptors (Lipinski definition) is 6. The number of carbonyl (C=O) groups is 1. The van der Waals surface area contributed by atoms with Crippen LogP contribution in [0, 0.1) is 11.6 Å². The first kappa shape index (κ1) is 20.4. The molecule has 0 spiro atoms. The third kappa shape index (κ3) is 4.63. The number of likely N-dealkylation sites (tertiary alicyclic amines) is 1. The zero-order chi connectivity index (χ0) is 21.1. The Morgan fingerprint density at radius 1 is 1.10 bits per heavy atom. The molecular formula is C21H23F2N3O4. The van der Waals surface area contributed by atoms with Gasteiger partial charge in [-0.3, -0.25) is 9.69 Å². The molecule has 1 fully saturated rings. The minimum atomic E-state index is -0.979. The molecule has 0 atom stereocenters. The highest BCUT2D eigenvalue weighted by Crippen LogP contribution is 2.34. The molecule has 1 saturated heterocycles. The van der Waals surface area contributed by atoms with E-state index in [1.807, 2.05) is 4.90 Å². The summed E-state index contributed by atoms with van der Waals surface area (Å²) in [6.45, 7) is 1.43. The van der Waals surface area contributed by atoms with Crippen LogP contribution in [-0.2, 0) is 11.4 Å². The number of fused-ring (bicyclic) bond motifs is 1. The molecule has 3 N–H and O–H groups in total. The summed E-state index contributed by atoms with van der Waals surface area (Å²) in [7, 11) is 0. The van der Waals surface area contributed by atoms with Gasteiger partial charge in [-0.05, 0) is 31.0 Å². The zero-order valence-electron chi connectivity index (χ0n) is 16.3. The molecule has 2 aromatic carbocycles. The first-order valence-electron chi connectivity index (χ1n) is 9.79. The van der Waals surface area contributed by atoms with Crippen molar-refractivity contribution in [1.29, 1.82) is 0 Å². The highest BCUT2D eigenvalue weighted by molar-refractivity contribution is 5.92. The molecule has 30 heavy (non-hydrogen) atoms. The topological polar surface area (TPSA) is 83.1 Å². The molecule has 7 nitrogen and oxygen atoms in total. The largest absolute Gasteiger partial charge is 0.454 e. The van der Waals surface area contributed by atoms with Crippen molar-refractivity contribution in [1.82, 2.24) is 4.90 Å². The number of benzene rings is 2. The lowest BCUT2D eigenvalue weighted by atomic mass is 10.0. The van der Waals surface area contributed by atoms with Gasteiger partial charge in [0.25, 0.3) is 0 Å². The highest BCUT2D eigenvalue weighted by Gasteiger charge is 2.22. The van der Waals surface area contributed by atoms with Gasteiger partial charge in [-0.25, -0.2) is 8.78 Å². The summed E-state index contributed by atoms with van der Waals surface area (Å²) >= 11 is 0. The van der Waals surface area contributed by atoms with E-state index in [1.54, 1.807) is 18.2 Å². The molecule has 9 heteroatoms. The lowest BCUT2D eigenvalue weighted by molar-refractivity contribution is -0.117. The van der Waals surface area contributed by atoms with Gasteiger partial charge in [-0.15, -0.1) is 0 Å². The van der Waals surface area contributed by atoms with Gasteiger partial charge in [0.2, 0.25) is 12.7 Å². The van der Waals surface area contributed by atoms with Crippen molar-refractivity contribution < 1.29 is 28.2 Å². The Bertz CT molecular complexity index is 933. The van der Waals surface area contributed by atoms with Crippen molar-refractivity contribution in [2.45, 2.75) is 25.5 Å². The number of aliphatic hydroxyl groups excluding tert-OH is 1. The van der Waals surface area contributed by atoms with E-state index in [-0.39, 0.29) is 31.9 Å². The van der Waals surface area contributed by atoms with Crippen LogP contribution in [-0.4, -0.2) is 48.4 Å². The maximum Gasteiger partial charge on any atom is 0.238 e. The molecule has 2 aromatic rings. The van der Waals surface area contributed by atoms with Gasteiger partial charge in [0.1, 0.15) is 0 Å². The van der Waals surface area contributed by atoms with Crippen LogP contribution in [0.5, 0.6) is 11.5 Å². The van der Waals surface area contributed by atoms with E-state index in [0.717, 1.165) is 25.0 Å². The lowest BCUT2D eigenvalue weighted by Gasteiger charge is -2.32. The molecule has 0 radical (unpaired) electrons. The minimum absolute atomic E-state index is 0.0494. The van der Waals surface area contributed by atoms with E-state index in [1.165, 1.54) is 0 Å². The fourth-order valence-corrected chi connectivity index (χ4v) is 3.69. The molecule has 0 saturated carbocycles. The first-order chi connectivity index (χ1) is 14.5. The summed E-state index contributed by atoms with van der Waals surface area (Å²) in [5, 5.41) is 15.4. The quantitative estimate of drug-likeness (QED) is 0.668. The summed E-state index contributed by atoms with van der Waals surface area (Å²) in [5.41, 5.74) is 1.37. The Balaban J connectivity index is 1.27. The van der Waals surface area contributed by atoms with Gasteiger partial charge in [0.15, 0.2) is 23.1 Å². The average molecular weight is 419 g/mol. The van der Waals surface area contributed by atoms with E-state index in [0.29, 0.717) is 41.5 Å². The SMILES string of the molecule is O=C(CN1CCC(Nc2cc(F)c(F)cc2CO)CC1)Nc1ccc2c(c1)OCO2. The second kappa shape index (κ2) is 8.85. The van der Waals surface area contributed by atoms with E-state index in [9.17, 15) is 18.7 Å². The Morgan fingerprint density at radius 3 is 2.60 bits per heavy atom. The third-order valence-corrected chi connectivity index (χ3v) is 5.29. The van der Waals surface area contributed by atoms with Crippen LogP contribution < -0.4 is 20.1 Å². The van der Waals surface area contributed by atoms with Crippen molar-refractivity contribution in [3.05, 3.63) is 47.5 Å². The molecular weight excluding hydrogens is 396 g/mol. The van der Waals surface area contributed by atoms with Gasteiger partial charge in [0.05, 0.1) is 13.2 Å². The van der Waals surface area contributed by atoms with E-state index in [2.05, 4.69) is 10.6 Å². The number of nitrogens with one attached hydrogen (secondary N) is 2. The maximum absolute atomic E-state index is 13.5. The fraction of sp³-hybridized carbons (Fsp3) is 0.381. The predicted molar refractivity (Wildman–Crippen MR) is 107 cm³/mol. The summed E-state index contributed by atoms with van der Waals surface area (Å²) in [5.74, 6) is -0.782. The molecule has 0 aromatic heterocycles. The van der Waals surface area contributed by atoms with E-state index >= 15 is 0 Å². The summed E-state index contributed by atoms with van der Waals surface area (Å²) in [6, 6.07) is 7.39. The van der Waals surface area contributed by atoms with Crippen molar-refractivity contribution in [3.63, 3.8) is 0 Å². The van der Waals surface area contributed by atoms with Crippen LogP contribution in [0.3, 0.4) is 0 Å². The van der Waals surface area contributed by atoms with Gasteiger partial charge >= 0.3 is 0 Å². The van der Waals surface area contributed by atoms with Gasteiger partial charge in [0, 0.05) is 48.2 Å². The van der Waals surface area contributed by atoms with E-state index in [4.69, 9.17) is 9.47 Å². The van der Waals surface area contributed by atoms with E-state index < -0.39 is 11.6 Å². The average Bonchev–Trinajstić information content (AvgIpc) is 3.20. The number of amides is 1. The number of piperidine rings is 1. The number of ether oxygens (including phenoxy) is 2. The number of halogens is 2. The van der Waals surface area contributed by atoms with Crippen molar-refractivity contribution >= 4 is 17.3 Å². The van der Waals surface area contributed by atoms with Crippen molar-refractivity contribution in [2.75, 3.05) is 37.1 Å². The standard InChI is InChI=1S/C21H23F2N3O4/c22-16-7-13(11-27)18(9-17(16)23)24-14-3-5-26(6-4-14)10-21(28)25-15-1-2-19-20(8-15)30-12-29-19/h1-2,7-9,14,24,27H,3-6,10-12H2,(H,25,28). The summed E-state index contributed by atoms with van der Waals surface area (Å²) in [4.78, 5) is 14.4. The number of aliphatic hydroxyl groups is 1. The number of hydrogen-bond donors (Lipinski definition) is 3. The van der Waals surface area contributed by atoms with Crippen LogP contribution in [0.4, 0.5) is 20.2 Å². The number of rotatable bonds is 6. The van der Waals surface area contributed by atoms with Crippen LogP contribution in [0.25, 0.3) is 0 Å². The molecule has 0 unspecified atom stereocenters. The molecule has 2 aliphatic rings. The Hall–Kier alpha value is -2.91. The maximum atomic E-state index is 13.5. The summed E-state index contributed by atoms with van der Waals surface area (Å²) in [6.07, 6.45) is 1.47. The lowest BCUT2D eigenvalue weighted by Crippen LogP contribution is -2.42. The Kier molecular flexibility index (Phi) is 6.01. The zero-order valence-corrected chi connectivity index (χ0v) is 16.3. The van der Waals surface area contributed by atoms with Crippen molar-refractivity contribution in [3.8, 4) is 11.5 Å². The molecule has 0 aliphatic carbocycles. The first-order valence-corrected chi connectivity index (χ1v) is 9.79. The smallest absolute Gasteiger partial charge is 0.238 e. The van der Waals surface area contributed by atoms with Crippen LogP contribution in [0.1, 0.15) is 18.4 Å². The fourth-order valence-electron chi connectivity index (χ4n) is 3.69. The van der Waals surface area contributed by atoms with Gasteiger partial charge < -0.3 is 25.2 Å². The number of anilines is 2. The molecule has 2 heterocycles. The molecule has 0 bridgehead atoms. The molecule has 1 amide bonds. The summed E-state index contributed by atoms with van der Waals surface area (Å²) < 4.78 is 37.5. The predicted octanol–water partition coefficient (Wildman–Crippen LogP) is 2.70. The van der Waals surface area contributed by atoms with Crippen molar-refractivity contribution in [2.24, 2.45) is 0 Å². The Labute approximate surface area is 172 Å². The normalized spacial score (nSPS) is 16.5. The van der Waals surface area contributed by atoms with Crippen LogP contribution in [0.2, 0.25) is 0 Å². The van der Waals surface area contributed by atoms with Crippen LogP contribution >= 0.6 is 0 Å². The second-order valence-corrected chi connectivity index (χ2v) is 7.39. The van der Waals surface area contributed by atoms with Crippen LogP contribution in [0.15, 0.2) is 30.3 Å². The molecule has 160 valence electrons. The monoisotopic (exact) mass is 419 g/mol. The van der Waals surface area contributed by atoms with Gasteiger partial charge in [-0.2, -0.15) is 0 Å². The second-order valence-electron chi connectivity index (χ2n) is 7.39. The molecule has 4 rings (SSSR count). The third-order valence-electron chi connectivity index (χ3n) is 5.29. The minimum Gasteiger partial charge on any atom is -0.454 e.